The number of tetrazole rings is 1. The zero-order chi connectivity index (χ0) is 14.8. The first-order chi connectivity index (χ1) is 10.2. The monoisotopic (exact) mass is 322 g/mol. The first kappa shape index (κ1) is 16.4. The van der Waals surface area contributed by atoms with Crippen LogP contribution in [0, 0.1) is 5.92 Å². The van der Waals surface area contributed by atoms with Crippen molar-refractivity contribution >= 4 is 18.3 Å². The molecule has 118 valence electrons. The molecule has 1 aromatic carbocycles. The molecular weight excluding hydrogens is 304 g/mol. The molecular formula is C14H19ClN6O. The Morgan fingerprint density at radius 1 is 1.41 bits per heavy atom. The number of amides is 1. The molecule has 3 rings (SSSR count). The van der Waals surface area contributed by atoms with Gasteiger partial charge in [-0.25, -0.2) is 0 Å². The lowest BCUT2D eigenvalue weighted by Crippen LogP contribution is -2.35. The van der Waals surface area contributed by atoms with Gasteiger partial charge in [0, 0.05) is 12.6 Å². The molecule has 0 aliphatic carbocycles. The van der Waals surface area contributed by atoms with E-state index in [9.17, 15) is 4.79 Å². The highest BCUT2D eigenvalue weighted by Crippen LogP contribution is 2.25. The number of rotatable bonds is 3. The molecule has 2 aromatic rings. The fraction of sp³-hybridized carbons (Fsp3) is 0.429. The lowest BCUT2D eigenvalue weighted by Gasteiger charge is -2.22. The summed E-state index contributed by atoms with van der Waals surface area (Å²) in [5.41, 5.74) is 7.03. The molecule has 1 aliphatic rings. The lowest BCUT2D eigenvalue weighted by molar-refractivity contribution is 0.0743. The Balaban J connectivity index is 0.00000176. The number of nitrogens with zero attached hydrogens (tertiary/aromatic N) is 5. The minimum absolute atomic E-state index is 0. The van der Waals surface area contributed by atoms with E-state index in [1.54, 1.807) is 0 Å². The van der Waals surface area contributed by atoms with Gasteiger partial charge in [-0.15, -0.1) is 17.5 Å². The highest BCUT2D eigenvalue weighted by molar-refractivity contribution is 5.98. The Bertz CT molecular complexity index is 632. The van der Waals surface area contributed by atoms with E-state index in [1.807, 2.05) is 29.2 Å². The van der Waals surface area contributed by atoms with Crippen LogP contribution in [0.15, 0.2) is 30.6 Å². The van der Waals surface area contributed by atoms with Crippen LogP contribution in [-0.4, -0.2) is 50.1 Å². The average Bonchev–Trinajstić information content (AvgIpc) is 3.16. The standard InChI is InChI=1S/C14H18N6O.ClH/c1-10-6-11(7-15)8-19(10)14(21)12-4-2-3-5-13(12)20-9-16-17-18-20;/h2-5,9-11H,6-8,15H2,1H3;1H. The lowest BCUT2D eigenvalue weighted by atomic mass is 10.1. The average molecular weight is 323 g/mol. The van der Waals surface area contributed by atoms with E-state index in [-0.39, 0.29) is 24.4 Å². The maximum atomic E-state index is 12.8. The molecule has 2 N–H and O–H groups in total. The van der Waals surface area contributed by atoms with Crippen LogP contribution in [0.2, 0.25) is 0 Å². The van der Waals surface area contributed by atoms with Crippen LogP contribution in [0.25, 0.3) is 5.69 Å². The fourth-order valence-electron chi connectivity index (χ4n) is 2.88. The van der Waals surface area contributed by atoms with Crippen molar-refractivity contribution in [2.75, 3.05) is 13.1 Å². The van der Waals surface area contributed by atoms with E-state index in [2.05, 4.69) is 22.4 Å². The summed E-state index contributed by atoms with van der Waals surface area (Å²) < 4.78 is 1.51. The molecule has 1 fully saturated rings. The van der Waals surface area contributed by atoms with Crippen LogP contribution in [0.4, 0.5) is 0 Å². The van der Waals surface area contributed by atoms with Gasteiger partial charge >= 0.3 is 0 Å². The second-order valence-electron chi connectivity index (χ2n) is 5.42. The Labute approximate surface area is 134 Å². The van der Waals surface area contributed by atoms with Crippen LogP contribution in [0.1, 0.15) is 23.7 Å². The van der Waals surface area contributed by atoms with Gasteiger partial charge in [0.1, 0.15) is 6.33 Å². The van der Waals surface area contributed by atoms with Gasteiger partial charge < -0.3 is 10.6 Å². The summed E-state index contributed by atoms with van der Waals surface area (Å²) in [7, 11) is 0. The number of nitrogens with two attached hydrogens (primary N) is 1. The van der Waals surface area contributed by atoms with E-state index >= 15 is 0 Å². The van der Waals surface area contributed by atoms with Crippen LogP contribution in [0.5, 0.6) is 0 Å². The van der Waals surface area contributed by atoms with Gasteiger partial charge in [-0.05, 0) is 48.4 Å². The Hall–Kier alpha value is -1.99. The highest BCUT2D eigenvalue weighted by atomic mass is 35.5. The first-order valence-corrected chi connectivity index (χ1v) is 7.04. The second-order valence-corrected chi connectivity index (χ2v) is 5.42. The van der Waals surface area contributed by atoms with E-state index in [0.717, 1.165) is 6.42 Å². The summed E-state index contributed by atoms with van der Waals surface area (Å²) in [5, 5.41) is 11.1. The highest BCUT2D eigenvalue weighted by Gasteiger charge is 2.33. The predicted molar refractivity (Wildman–Crippen MR) is 84.1 cm³/mol. The minimum Gasteiger partial charge on any atom is -0.336 e. The third-order valence-electron chi connectivity index (χ3n) is 3.99. The number of likely N-dealkylation sites (tertiary alicyclic amines) is 1. The minimum atomic E-state index is 0. The molecule has 1 aromatic heterocycles. The van der Waals surface area contributed by atoms with Crippen LogP contribution >= 0.6 is 12.4 Å². The molecule has 22 heavy (non-hydrogen) atoms. The number of hydrogen-bond acceptors (Lipinski definition) is 5. The van der Waals surface area contributed by atoms with Gasteiger partial charge in [-0.3, -0.25) is 4.79 Å². The normalized spacial score (nSPS) is 20.7. The maximum Gasteiger partial charge on any atom is 0.256 e. The van der Waals surface area contributed by atoms with Crippen LogP contribution in [-0.2, 0) is 0 Å². The molecule has 1 saturated heterocycles. The second kappa shape index (κ2) is 6.85. The summed E-state index contributed by atoms with van der Waals surface area (Å²) in [6.45, 7) is 3.39. The Morgan fingerprint density at radius 2 is 2.18 bits per heavy atom. The summed E-state index contributed by atoms with van der Waals surface area (Å²) in [5.74, 6) is 0.383. The number of aromatic nitrogens is 4. The van der Waals surface area contributed by atoms with Gasteiger partial charge in [0.15, 0.2) is 0 Å². The number of halogens is 1. The molecule has 0 spiro atoms. The van der Waals surface area contributed by atoms with Gasteiger partial charge in [0.2, 0.25) is 0 Å². The van der Waals surface area contributed by atoms with Crippen molar-refractivity contribution in [1.29, 1.82) is 0 Å². The molecule has 0 bridgehead atoms. The summed E-state index contributed by atoms with van der Waals surface area (Å²) >= 11 is 0. The van der Waals surface area contributed by atoms with Gasteiger partial charge in [0.25, 0.3) is 5.91 Å². The fourth-order valence-corrected chi connectivity index (χ4v) is 2.88. The van der Waals surface area contributed by atoms with Crippen molar-refractivity contribution in [3.8, 4) is 5.69 Å². The van der Waals surface area contributed by atoms with Gasteiger partial charge in [-0.2, -0.15) is 4.68 Å². The zero-order valence-electron chi connectivity index (χ0n) is 12.3. The molecule has 1 aliphatic heterocycles. The number of para-hydroxylation sites is 1. The zero-order valence-corrected chi connectivity index (χ0v) is 13.1. The first-order valence-electron chi connectivity index (χ1n) is 7.04. The molecule has 2 unspecified atom stereocenters. The van der Waals surface area contributed by atoms with Gasteiger partial charge in [0.05, 0.1) is 11.3 Å². The number of carbonyl (C=O) groups is 1. The topological polar surface area (TPSA) is 89.9 Å². The predicted octanol–water partition coefficient (Wildman–Crippen LogP) is 0.893. The van der Waals surface area contributed by atoms with Crippen molar-refractivity contribution in [2.45, 2.75) is 19.4 Å². The smallest absolute Gasteiger partial charge is 0.256 e. The molecule has 7 nitrogen and oxygen atoms in total. The SMILES string of the molecule is CC1CC(CN)CN1C(=O)c1ccccc1-n1cnnn1.Cl. The van der Waals surface area contributed by atoms with E-state index in [0.29, 0.717) is 30.3 Å². The van der Waals surface area contributed by atoms with E-state index < -0.39 is 0 Å². The molecule has 2 atom stereocenters. The third-order valence-corrected chi connectivity index (χ3v) is 3.99. The van der Waals surface area contributed by atoms with E-state index in [4.69, 9.17) is 5.73 Å². The quantitative estimate of drug-likeness (QED) is 0.906. The van der Waals surface area contributed by atoms with E-state index in [1.165, 1.54) is 11.0 Å². The molecule has 0 saturated carbocycles. The van der Waals surface area contributed by atoms with Crippen molar-refractivity contribution < 1.29 is 4.79 Å². The van der Waals surface area contributed by atoms with Crippen molar-refractivity contribution in [1.82, 2.24) is 25.1 Å². The summed E-state index contributed by atoms with van der Waals surface area (Å²) in [6.07, 6.45) is 2.44. The third kappa shape index (κ3) is 2.95. The van der Waals surface area contributed by atoms with Crippen molar-refractivity contribution in [3.05, 3.63) is 36.2 Å². The molecule has 2 heterocycles. The summed E-state index contributed by atoms with van der Waals surface area (Å²) in [6, 6.07) is 7.56. The molecule has 0 radical (unpaired) electrons. The van der Waals surface area contributed by atoms with Crippen LogP contribution in [0.3, 0.4) is 0 Å². The maximum absolute atomic E-state index is 12.8. The number of benzene rings is 1. The molecule has 1 amide bonds. The van der Waals surface area contributed by atoms with Crippen molar-refractivity contribution in [3.63, 3.8) is 0 Å². The summed E-state index contributed by atoms with van der Waals surface area (Å²) in [4.78, 5) is 14.7. The van der Waals surface area contributed by atoms with Crippen molar-refractivity contribution in [2.24, 2.45) is 11.7 Å². The number of hydrogen-bond donors (Lipinski definition) is 1. The Morgan fingerprint density at radius 3 is 2.82 bits per heavy atom. The van der Waals surface area contributed by atoms with Gasteiger partial charge in [-0.1, -0.05) is 12.1 Å². The number of carbonyl (C=O) groups excluding carboxylic acids is 1. The van der Waals surface area contributed by atoms with Crippen LogP contribution < -0.4 is 5.73 Å². The largest absolute Gasteiger partial charge is 0.336 e. The molecule has 8 heteroatoms. The Kier molecular flexibility index (Phi) is 5.10.